The van der Waals surface area contributed by atoms with Crippen LogP contribution in [0.3, 0.4) is 0 Å². The Morgan fingerprint density at radius 3 is 2.70 bits per heavy atom. The third-order valence-corrected chi connectivity index (χ3v) is 5.75. The molecule has 1 heterocycles. The van der Waals surface area contributed by atoms with Crippen LogP contribution in [0.1, 0.15) is 33.5 Å². The fourth-order valence-corrected chi connectivity index (χ4v) is 4.22. The second-order valence-electron chi connectivity index (χ2n) is 6.60. The van der Waals surface area contributed by atoms with E-state index in [1.807, 2.05) is 6.07 Å². The second kappa shape index (κ2) is 8.43. The van der Waals surface area contributed by atoms with Crippen molar-refractivity contribution >= 4 is 28.9 Å². The van der Waals surface area contributed by atoms with Crippen LogP contribution < -0.4 is 14.8 Å². The zero-order valence-electron chi connectivity index (χ0n) is 15.7. The highest BCUT2D eigenvalue weighted by molar-refractivity contribution is 7.14. The van der Waals surface area contributed by atoms with Gasteiger partial charge in [-0.05, 0) is 48.9 Å². The largest absolute Gasteiger partial charge is 0.493 e. The fraction of sp³-hybridized carbons (Fsp3) is 0.400. The lowest BCUT2D eigenvalue weighted by atomic mass is 9.90. The van der Waals surface area contributed by atoms with Gasteiger partial charge in [-0.1, -0.05) is 6.92 Å². The van der Waals surface area contributed by atoms with E-state index in [-0.39, 0.29) is 6.61 Å². The van der Waals surface area contributed by atoms with Crippen LogP contribution in [0.15, 0.2) is 24.3 Å². The average molecular weight is 389 g/mol. The standard InChI is InChI=1S/C20H23NO5S/c1-12-4-7-17-13(8-12)9-18(27-17)20(23)26-11-19(22)21-14-5-6-15(24-2)16(10-14)25-3/h5-6,9-10,12H,4,7-8,11H2,1-3H3,(H,21,22). The number of esters is 1. The van der Waals surface area contributed by atoms with Gasteiger partial charge in [0, 0.05) is 16.6 Å². The number of rotatable bonds is 6. The van der Waals surface area contributed by atoms with Gasteiger partial charge in [-0.2, -0.15) is 0 Å². The summed E-state index contributed by atoms with van der Waals surface area (Å²) in [6, 6.07) is 6.93. The van der Waals surface area contributed by atoms with Gasteiger partial charge >= 0.3 is 5.97 Å². The fourth-order valence-electron chi connectivity index (χ4n) is 3.12. The first-order chi connectivity index (χ1) is 13.0. The van der Waals surface area contributed by atoms with Gasteiger partial charge < -0.3 is 19.5 Å². The molecule has 0 radical (unpaired) electrons. The Morgan fingerprint density at radius 1 is 1.19 bits per heavy atom. The number of hydrogen-bond donors (Lipinski definition) is 1. The first kappa shape index (κ1) is 19.2. The maximum Gasteiger partial charge on any atom is 0.348 e. The summed E-state index contributed by atoms with van der Waals surface area (Å²) in [5.74, 6) is 0.849. The van der Waals surface area contributed by atoms with E-state index in [1.54, 1.807) is 25.3 Å². The molecule has 1 amide bonds. The Kier molecular flexibility index (Phi) is 6.01. The van der Waals surface area contributed by atoms with Crippen molar-refractivity contribution in [3.05, 3.63) is 39.6 Å². The monoisotopic (exact) mass is 389 g/mol. The summed E-state index contributed by atoms with van der Waals surface area (Å²) in [6.45, 7) is 1.88. The lowest BCUT2D eigenvalue weighted by molar-refractivity contribution is -0.119. The number of thiophene rings is 1. The van der Waals surface area contributed by atoms with Crippen molar-refractivity contribution in [3.63, 3.8) is 0 Å². The number of nitrogens with one attached hydrogen (secondary N) is 1. The number of carbonyl (C=O) groups excluding carboxylic acids is 2. The van der Waals surface area contributed by atoms with Crippen molar-refractivity contribution in [2.24, 2.45) is 5.92 Å². The number of amides is 1. The van der Waals surface area contributed by atoms with E-state index in [0.29, 0.717) is 28.0 Å². The Morgan fingerprint density at radius 2 is 1.96 bits per heavy atom. The van der Waals surface area contributed by atoms with Crippen LogP contribution in [-0.4, -0.2) is 32.7 Å². The molecule has 1 atom stereocenters. The highest BCUT2D eigenvalue weighted by Gasteiger charge is 2.21. The topological polar surface area (TPSA) is 73.9 Å². The number of carbonyl (C=O) groups is 2. The Labute approximate surface area is 162 Å². The average Bonchev–Trinajstić information content (AvgIpc) is 3.09. The van der Waals surface area contributed by atoms with Crippen molar-refractivity contribution in [2.45, 2.75) is 26.2 Å². The zero-order chi connectivity index (χ0) is 19.4. The number of anilines is 1. The summed E-state index contributed by atoms with van der Waals surface area (Å²) in [4.78, 5) is 26.2. The molecule has 7 heteroatoms. The maximum absolute atomic E-state index is 12.3. The lowest BCUT2D eigenvalue weighted by Crippen LogP contribution is -2.20. The molecule has 0 aliphatic heterocycles. The molecule has 1 unspecified atom stereocenters. The van der Waals surface area contributed by atoms with Crippen molar-refractivity contribution in [1.29, 1.82) is 0 Å². The zero-order valence-corrected chi connectivity index (χ0v) is 16.5. The van der Waals surface area contributed by atoms with Crippen molar-refractivity contribution in [3.8, 4) is 11.5 Å². The molecular weight excluding hydrogens is 366 g/mol. The molecule has 1 aromatic carbocycles. The van der Waals surface area contributed by atoms with E-state index in [9.17, 15) is 9.59 Å². The van der Waals surface area contributed by atoms with Crippen LogP contribution in [0.4, 0.5) is 5.69 Å². The molecule has 1 aliphatic rings. The van der Waals surface area contributed by atoms with Crippen molar-refractivity contribution in [2.75, 3.05) is 26.1 Å². The van der Waals surface area contributed by atoms with Crippen LogP contribution in [-0.2, 0) is 22.4 Å². The van der Waals surface area contributed by atoms with Crippen LogP contribution in [0.25, 0.3) is 0 Å². The van der Waals surface area contributed by atoms with Crippen LogP contribution in [0, 0.1) is 5.92 Å². The van der Waals surface area contributed by atoms with Gasteiger partial charge in [0.1, 0.15) is 4.88 Å². The summed E-state index contributed by atoms with van der Waals surface area (Å²) in [6.07, 6.45) is 3.16. The lowest BCUT2D eigenvalue weighted by Gasteiger charge is -2.16. The molecule has 6 nitrogen and oxygen atoms in total. The number of benzene rings is 1. The Bertz CT molecular complexity index is 845. The van der Waals surface area contributed by atoms with E-state index >= 15 is 0 Å². The predicted octanol–water partition coefficient (Wildman–Crippen LogP) is 3.69. The van der Waals surface area contributed by atoms with Gasteiger partial charge in [0.05, 0.1) is 14.2 Å². The molecule has 27 heavy (non-hydrogen) atoms. The smallest absolute Gasteiger partial charge is 0.348 e. The minimum Gasteiger partial charge on any atom is -0.493 e. The summed E-state index contributed by atoms with van der Waals surface area (Å²) < 4.78 is 15.5. The molecular formula is C20H23NO5S. The molecule has 3 rings (SSSR count). The number of fused-ring (bicyclic) bond motifs is 1. The van der Waals surface area contributed by atoms with Crippen LogP contribution in [0.2, 0.25) is 0 Å². The highest BCUT2D eigenvalue weighted by Crippen LogP contribution is 2.32. The number of methoxy groups -OCH3 is 2. The Balaban J connectivity index is 1.55. The minimum atomic E-state index is -0.454. The van der Waals surface area contributed by atoms with Gasteiger partial charge in [-0.15, -0.1) is 11.3 Å². The third-order valence-electron chi connectivity index (χ3n) is 4.53. The predicted molar refractivity (Wildman–Crippen MR) is 104 cm³/mol. The highest BCUT2D eigenvalue weighted by atomic mass is 32.1. The van der Waals surface area contributed by atoms with E-state index in [4.69, 9.17) is 14.2 Å². The van der Waals surface area contributed by atoms with Gasteiger partial charge in [0.15, 0.2) is 18.1 Å². The quantitative estimate of drug-likeness (QED) is 0.763. The summed E-state index contributed by atoms with van der Waals surface area (Å²) >= 11 is 1.47. The van der Waals surface area contributed by atoms with E-state index in [1.165, 1.54) is 28.9 Å². The number of ether oxygens (including phenoxy) is 3. The van der Waals surface area contributed by atoms with E-state index in [0.717, 1.165) is 19.3 Å². The van der Waals surface area contributed by atoms with E-state index in [2.05, 4.69) is 12.2 Å². The maximum atomic E-state index is 12.3. The van der Waals surface area contributed by atoms with Crippen molar-refractivity contribution in [1.82, 2.24) is 0 Å². The number of hydrogen-bond acceptors (Lipinski definition) is 6. The second-order valence-corrected chi connectivity index (χ2v) is 7.74. The van der Waals surface area contributed by atoms with Gasteiger partial charge in [-0.3, -0.25) is 4.79 Å². The first-order valence-electron chi connectivity index (χ1n) is 8.80. The molecule has 0 spiro atoms. The van der Waals surface area contributed by atoms with Gasteiger partial charge in [0.2, 0.25) is 0 Å². The molecule has 0 fully saturated rings. The van der Waals surface area contributed by atoms with Gasteiger partial charge in [-0.25, -0.2) is 4.79 Å². The van der Waals surface area contributed by atoms with Crippen molar-refractivity contribution < 1.29 is 23.8 Å². The van der Waals surface area contributed by atoms with E-state index < -0.39 is 11.9 Å². The molecule has 144 valence electrons. The van der Waals surface area contributed by atoms with Crippen LogP contribution >= 0.6 is 11.3 Å². The molecule has 2 aromatic rings. The first-order valence-corrected chi connectivity index (χ1v) is 9.62. The third kappa shape index (κ3) is 4.60. The summed E-state index contributed by atoms with van der Waals surface area (Å²) in [5.41, 5.74) is 1.77. The molecule has 0 saturated heterocycles. The molecule has 1 N–H and O–H groups in total. The molecule has 1 aromatic heterocycles. The summed E-state index contributed by atoms with van der Waals surface area (Å²) in [7, 11) is 3.06. The normalized spacial score (nSPS) is 15.6. The Hall–Kier alpha value is -2.54. The van der Waals surface area contributed by atoms with Crippen LogP contribution in [0.5, 0.6) is 11.5 Å². The summed E-state index contributed by atoms with van der Waals surface area (Å²) in [5, 5.41) is 2.68. The van der Waals surface area contributed by atoms with Gasteiger partial charge in [0.25, 0.3) is 5.91 Å². The number of aryl methyl sites for hydroxylation is 1. The molecule has 0 bridgehead atoms. The molecule has 0 saturated carbocycles. The minimum absolute atomic E-state index is 0.341. The SMILES string of the molecule is COc1ccc(NC(=O)COC(=O)c2cc3c(s2)CCC(C)C3)cc1OC. The molecule has 1 aliphatic carbocycles.